The zero-order valence-electron chi connectivity index (χ0n) is 18.4. The Bertz CT molecular complexity index is 1370. The van der Waals surface area contributed by atoms with E-state index in [1.54, 1.807) is 30.3 Å². The molecule has 5 rings (SSSR count). The first kappa shape index (κ1) is 21.4. The zero-order chi connectivity index (χ0) is 23.3. The predicted molar refractivity (Wildman–Crippen MR) is 132 cm³/mol. The second-order valence-electron chi connectivity index (χ2n) is 8.07. The summed E-state index contributed by atoms with van der Waals surface area (Å²) in [5.41, 5.74) is 5.45. The molecule has 4 aromatic rings. The number of hydrogen-bond donors (Lipinski definition) is 0. The van der Waals surface area contributed by atoms with E-state index >= 15 is 0 Å². The van der Waals surface area contributed by atoms with Gasteiger partial charge in [0.15, 0.2) is 0 Å². The fraction of sp³-hybridized carbons (Fsp3) is 0.0667. The summed E-state index contributed by atoms with van der Waals surface area (Å²) in [5, 5.41) is 0. The van der Waals surface area contributed by atoms with Crippen LogP contribution in [0.5, 0.6) is 11.5 Å². The molecule has 1 aliphatic carbocycles. The van der Waals surface area contributed by atoms with Crippen molar-refractivity contribution in [1.82, 2.24) is 0 Å². The summed E-state index contributed by atoms with van der Waals surface area (Å²) in [4.78, 5) is 24.7. The molecule has 0 radical (unpaired) electrons. The average Bonchev–Trinajstić information content (AvgIpc) is 2.89. The number of aryl methyl sites for hydroxylation is 1. The van der Waals surface area contributed by atoms with Crippen molar-refractivity contribution in [2.75, 3.05) is 0 Å². The van der Waals surface area contributed by atoms with E-state index < -0.39 is 0 Å². The molecule has 0 saturated heterocycles. The molecule has 0 aromatic heterocycles. The SMILES string of the molecule is O=C(Oc1cccc(C2=Cc3ccc(OC(=O)c4ccccc4)cc3CC2)c1)c1ccccc1. The van der Waals surface area contributed by atoms with Crippen LogP contribution >= 0.6 is 0 Å². The molecular weight excluding hydrogens is 424 g/mol. The van der Waals surface area contributed by atoms with Crippen molar-refractivity contribution in [2.45, 2.75) is 12.8 Å². The first-order valence-corrected chi connectivity index (χ1v) is 11.1. The Kier molecular flexibility index (Phi) is 6.04. The minimum Gasteiger partial charge on any atom is -0.423 e. The van der Waals surface area contributed by atoms with Crippen molar-refractivity contribution in [2.24, 2.45) is 0 Å². The molecule has 0 bridgehead atoms. The quantitative estimate of drug-likeness (QED) is 0.256. The monoisotopic (exact) mass is 446 g/mol. The average molecular weight is 447 g/mol. The van der Waals surface area contributed by atoms with Gasteiger partial charge in [-0.2, -0.15) is 0 Å². The molecule has 0 aliphatic heterocycles. The number of allylic oxidation sites excluding steroid dienone is 1. The summed E-state index contributed by atoms with van der Waals surface area (Å²) in [7, 11) is 0. The molecule has 0 heterocycles. The number of carbonyl (C=O) groups is 2. The highest BCUT2D eigenvalue weighted by atomic mass is 16.5. The smallest absolute Gasteiger partial charge is 0.343 e. The first-order valence-electron chi connectivity index (χ1n) is 11.1. The van der Waals surface area contributed by atoms with Crippen LogP contribution in [0, 0.1) is 0 Å². The zero-order valence-corrected chi connectivity index (χ0v) is 18.4. The topological polar surface area (TPSA) is 52.6 Å². The van der Waals surface area contributed by atoms with E-state index in [1.165, 1.54) is 5.57 Å². The number of ether oxygens (including phenoxy) is 2. The van der Waals surface area contributed by atoms with Gasteiger partial charge in [0.1, 0.15) is 11.5 Å². The molecule has 4 nitrogen and oxygen atoms in total. The largest absolute Gasteiger partial charge is 0.423 e. The van der Waals surface area contributed by atoms with Gasteiger partial charge < -0.3 is 9.47 Å². The van der Waals surface area contributed by atoms with E-state index in [0.29, 0.717) is 22.6 Å². The Morgan fingerprint density at radius 1 is 0.588 bits per heavy atom. The molecule has 0 saturated carbocycles. The van der Waals surface area contributed by atoms with E-state index in [1.807, 2.05) is 72.8 Å². The van der Waals surface area contributed by atoms with Crippen molar-refractivity contribution in [1.29, 1.82) is 0 Å². The minimum absolute atomic E-state index is 0.366. The van der Waals surface area contributed by atoms with Crippen LogP contribution in [0.2, 0.25) is 0 Å². The minimum atomic E-state index is -0.377. The van der Waals surface area contributed by atoms with Crippen molar-refractivity contribution in [3.63, 3.8) is 0 Å². The number of carbonyl (C=O) groups excluding carboxylic acids is 2. The van der Waals surface area contributed by atoms with Gasteiger partial charge in [0.05, 0.1) is 11.1 Å². The van der Waals surface area contributed by atoms with Crippen LogP contribution in [0.1, 0.15) is 43.8 Å². The van der Waals surface area contributed by atoms with Crippen LogP contribution in [0.15, 0.2) is 103 Å². The van der Waals surface area contributed by atoms with Crippen LogP contribution in [0.4, 0.5) is 0 Å². The Morgan fingerprint density at radius 2 is 1.21 bits per heavy atom. The maximum absolute atomic E-state index is 12.4. The van der Waals surface area contributed by atoms with Crippen molar-refractivity contribution in [3.05, 3.63) is 131 Å². The first-order chi connectivity index (χ1) is 16.7. The van der Waals surface area contributed by atoms with E-state index in [4.69, 9.17) is 9.47 Å². The molecule has 0 atom stereocenters. The summed E-state index contributed by atoms with van der Waals surface area (Å²) in [5.74, 6) is 0.313. The molecule has 166 valence electrons. The summed E-state index contributed by atoms with van der Waals surface area (Å²) < 4.78 is 11.1. The molecule has 0 spiro atoms. The van der Waals surface area contributed by atoms with Crippen molar-refractivity contribution < 1.29 is 19.1 Å². The normalized spacial score (nSPS) is 12.3. The van der Waals surface area contributed by atoms with Crippen LogP contribution in [0.25, 0.3) is 11.6 Å². The molecule has 1 aliphatic rings. The second-order valence-corrected chi connectivity index (χ2v) is 8.07. The molecule has 0 amide bonds. The number of benzene rings is 4. The molecule has 4 heteroatoms. The highest BCUT2D eigenvalue weighted by molar-refractivity contribution is 5.92. The van der Waals surface area contributed by atoms with Gasteiger partial charge in [-0.25, -0.2) is 9.59 Å². The highest BCUT2D eigenvalue weighted by Crippen LogP contribution is 2.33. The van der Waals surface area contributed by atoms with E-state index in [-0.39, 0.29) is 11.9 Å². The lowest BCUT2D eigenvalue weighted by molar-refractivity contribution is 0.0725. The van der Waals surface area contributed by atoms with Crippen LogP contribution in [-0.4, -0.2) is 11.9 Å². The molecule has 34 heavy (non-hydrogen) atoms. The predicted octanol–water partition coefficient (Wildman–Crippen LogP) is 6.61. The van der Waals surface area contributed by atoms with Gasteiger partial charge in [-0.1, -0.05) is 60.7 Å². The van der Waals surface area contributed by atoms with Crippen molar-refractivity contribution in [3.8, 4) is 11.5 Å². The fourth-order valence-corrected chi connectivity index (χ4v) is 4.00. The summed E-state index contributed by atoms with van der Waals surface area (Å²) in [6, 6.07) is 31.2. The van der Waals surface area contributed by atoms with Crippen molar-refractivity contribution >= 4 is 23.6 Å². The molecule has 0 unspecified atom stereocenters. The van der Waals surface area contributed by atoms with Gasteiger partial charge in [0, 0.05) is 0 Å². The third-order valence-corrected chi connectivity index (χ3v) is 5.75. The fourth-order valence-electron chi connectivity index (χ4n) is 4.00. The number of rotatable bonds is 5. The summed E-state index contributed by atoms with van der Waals surface area (Å²) in [6.45, 7) is 0. The Hall–Kier alpha value is -4.44. The molecule has 4 aromatic carbocycles. The second kappa shape index (κ2) is 9.59. The van der Waals surface area contributed by atoms with Crippen LogP contribution in [0.3, 0.4) is 0 Å². The number of esters is 2. The van der Waals surface area contributed by atoms with Gasteiger partial charge in [-0.05, 0) is 83.6 Å². The Balaban J connectivity index is 1.32. The summed E-state index contributed by atoms with van der Waals surface area (Å²) in [6.07, 6.45) is 3.80. The third-order valence-electron chi connectivity index (χ3n) is 5.75. The van der Waals surface area contributed by atoms with Crippen LogP contribution < -0.4 is 9.47 Å². The standard InChI is InChI=1S/C30H22O4/c31-29(21-8-3-1-4-9-21)33-27-13-7-12-23(19-27)24-14-15-26-20-28(17-16-25(26)18-24)34-30(32)22-10-5-2-6-11-22/h1-13,16-20H,14-15H2. The molecular formula is C30H22O4. The van der Waals surface area contributed by atoms with Gasteiger partial charge in [-0.15, -0.1) is 0 Å². The number of fused-ring (bicyclic) bond motifs is 1. The van der Waals surface area contributed by atoms with Gasteiger partial charge >= 0.3 is 11.9 Å². The maximum Gasteiger partial charge on any atom is 0.343 e. The van der Waals surface area contributed by atoms with E-state index in [2.05, 4.69) is 6.08 Å². The van der Waals surface area contributed by atoms with Crippen LogP contribution in [-0.2, 0) is 6.42 Å². The maximum atomic E-state index is 12.4. The highest BCUT2D eigenvalue weighted by Gasteiger charge is 2.16. The van der Waals surface area contributed by atoms with Gasteiger partial charge in [-0.3, -0.25) is 0 Å². The Labute approximate surface area is 198 Å². The Morgan fingerprint density at radius 3 is 1.85 bits per heavy atom. The lowest BCUT2D eigenvalue weighted by Gasteiger charge is -2.18. The lowest BCUT2D eigenvalue weighted by Crippen LogP contribution is -2.09. The number of hydrogen-bond acceptors (Lipinski definition) is 4. The lowest BCUT2D eigenvalue weighted by atomic mass is 9.88. The summed E-state index contributed by atoms with van der Waals surface area (Å²) >= 11 is 0. The third kappa shape index (κ3) is 4.81. The van der Waals surface area contributed by atoms with E-state index in [0.717, 1.165) is 29.5 Å². The van der Waals surface area contributed by atoms with Gasteiger partial charge in [0.2, 0.25) is 0 Å². The van der Waals surface area contributed by atoms with E-state index in [9.17, 15) is 9.59 Å². The molecule has 0 N–H and O–H groups in total. The molecule has 0 fully saturated rings. The van der Waals surface area contributed by atoms with Gasteiger partial charge in [0.25, 0.3) is 0 Å².